The molecule has 1 aromatic heterocycles. The number of nitrogens with one attached hydrogen (secondary N) is 1. The molecule has 1 aromatic rings. The number of amides is 1. The lowest BCUT2D eigenvalue weighted by Crippen LogP contribution is -2.25. The Morgan fingerprint density at radius 3 is 3.00 bits per heavy atom. The summed E-state index contributed by atoms with van der Waals surface area (Å²) in [6, 6.07) is 3.39. The van der Waals surface area contributed by atoms with Gasteiger partial charge in [-0.3, -0.25) is 14.6 Å². The topological polar surface area (TPSA) is 51.2 Å². The van der Waals surface area contributed by atoms with Crippen molar-refractivity contribution in [3.05, 3.63) is 30.1 Å². The van der Waals surface area contributed by atoms with Gasteiger partial charge in [-0.25, -0.2) is 5.48 Å². The fourth-order valence-electron chi connectivity index (χ4n) is 0.830. The summed E-state index contributed by atoms with van der Waals surface area (Å²) in [5.41, 5.74) is 2.85. The van der Waals surface area contributed by atoms with Crippen molar-refractivity contribution in [1.82, 2.24) is 10.5 Å². The van der Waals surface area contributed by atoms with Gasteiger partial charge < -0.3 is 0 Å². The minimum atomic E-state index is -0.265. The van der Waals surface area contributed by atoms with Crippen LogP contribution in [0.2, 0.25) is 0 Å². The fourth-order valence-corrected chi connectivity index (χ4v) is 0.830. The second-order valence-electron chi connectivity index (χ2n) is 3.38. The van der Waals surface area contributed by atoms with Crippen LogP contribution in [0.4, 0.5) is 0 Å². The Hall–Kier alpha value is -1.42. The largest absolute Gasteiger partial charge is 0.276 e. The second kappa shape index (κ2) is 5.34. The zero-order chi connectivity index (χ0) is 10.4. The van der Waals surface area contributed by atoms with Crippen molar-refractivity contribution in [2.24, 2.45) is 5.92 Å². The molecule has 14 heavy (non-hydrogen) atoms. The minimum absolute atomic E-state index is 0.265. The predicted molar refractivity (Wildman–Crippen MR) is 52.5 cm³/mol. The fraction of sp³-hybridized carbons (Fsp3) is 0.400. The maximum absolute atomic E-state index is 11.4. The van der Waals surface area contributed by atoms with Crippen LogP contribution >= 0.6 is 0 Å². The summed E-state index contributed by atoms with van der Waals surface area (Å²) in [7, 11) is 0. The van der Waals surface area contributed by atoms with Gasteiger partial charge in [-0.1, -0.05) is 13.8 Å². The predicted octanol–water partition coefficient (Wildman–Crippen LogP) is 1.40. The van der Waals surface area contributed by atoms with Gasteiger partial charge in [0, 0.05) is 12.4 Å². The van der Waals surface area contributed by atoms with Crippen molar-refractivity contribution in [3.63, 3.8) is 0 Å². The zero-order valence-corrected chi connectivity index (χ0v) is 8.36. The van der Waals surface area contributed by atoms with Gasteiger partial charge in [0.1, 0.15) is 0 Å². The third-order valence-corrected chi connectivity index (χ3v) is 1.51. The van der Waals surface area contributed by atoms with Gasteiger partial charge >= 0.3 is 0 Å². The number of aromatic nitrogens is 1. The molecule has 0 unspecified atom stereocenters. The Labute approximate surface area is 83.3 Å². The van der Waals surface area contributed by atoms with Crippen LogP contribution in [0.15, 0.2) is 24.5 Å². The SMILES string of the molecule is CC(C)CONC(=O)c1cccnc1. The van der Waals surface area contributed by atoms with Crippen LogP contribution in [-0.4, -0.2) is 17.5 Å². The molecule has 0 bridgehead atoms. The molecule has 0 fully saturated rings. The number of nitrogens with zero attached hydrogens (tertiary/aromatic N) is 1. The van der Waals surface area contributed by atoms with Crippen LogP contribution in [-0.2, 0) is 4.84 Å². The van der Waals surface area contributed by atoms with Crippen molar-refractivity contribution >= 4 is 5.91 Å². The molecule has 4 heteroatoms. The van der Waals surface area contributed by atoms with Crippen LogP contribution in [0.3, 0.4) is 0 Å². The van der Waals surface area contributed by atoms with E-state index in [1.807, 2.05) is 13.8 Å². The Bertz CT molecular complexity index is 285. The van der Waals surface area contributed by atoms with Crippen LogP contribution in [0, 0.1) is 5.92 Å². The van der Waals surface area contributed by atoms with E-state index in [9.17, 15) is 4.79 Å². The molecule has 0 spiro atoms. The molecule has 0 saturated heterocycles. The zero-order valence-electron chi connectivity index (χ0n) is 8.36. The van der Waals surface area contributed by atoms with E-state index < -0.39 is 0 Å². The van der Waals surface area contributed by atoms with E-state index in [0.29, 0.717) is 18.1 Å². The first-order chi connectivity index (χ1) is 6.70. The van der Waals surface area contributed by atoms with Gasteiger partial charge in [0.05, 0.1) is 12.2 Å². The van der Waals surface area contributed by atoms with Gasteiger partial charge in [-0.05, 0) is 18.1 Å². The molecular weight excluding hydrogens is 180 g/mol. The highest BCUT2D eigenvalue weighted by atomic mass is 16.6. The van der Waals surface area contributed by atoms with Crippen molar-refractivity contribution in [1.29, 1.82) is 0 Å². The lowest BCUT2D eigenvalue weighted by Gasteiger charge is -2.07. The first-order valence-electron chi connectivity index (χ1n) is 4.52. The highest BCUT2D eigenvalue weighted by Crippen LogP contribution is 1.96. The molecule has 0 aliphatic heterocycles. The van der Waals surface area contributed by atoms with Gasteiger partial charge in [0.15, 0.2) is 0 Å². The monoisotopic (exact) mass is 194 g/mol. The summed E-state index contributed by atoms with van der Waals surface area (Å²) in [5.74, 6) is 0.128. The van der Waals surface area contributed by atoms with Crippen molar-refractivity contribution in [2.45, 2.75) is 13.8 Å². The van der Waals surface area contributed by atoms with E-state index in [4.69, 9.17) is 4.84 Å². The molecule has 76 valence electrons. The number of pyridine rings is 1. The molecule has 1 heterocycles. The molecular formula is C10H14N2O2. The molecule has 0 saturated carbocycles. The summed E-state index contributed by atoms with van der Waals surface area (Å²) in [5, 5.41) is 0. The number of carbonyl (C=O) groups is 1. The van der Waals surface area contributed by atoms with Crippen molar-refractivity contribution in [3.8, 4) is 0 Å². The van der Waals surface area contributed by atoms with E-state index >= 15 is 0 Å². The summed E-state index contributed by atoms with van der Waals surface area (Å²) in [6.45, 7) is 4.53. The third-order valence-electron chi connectivity index (χ3n) is 1.51. The maximum atomic E-state index is 11.4. The Balaban J connectivity index is 2.36. The number of carbonyl (C=O) groups excluding carboxylic acids is 1. The number of hydrogen-bond acceptors (Lipinski definition) is 3. The normalized spacial score (nSPS) is 10.2. The lowest BCUT2D eigenvalue weighted by atomic mass is 10.2. The lowest BCUT2D eigenvalue weighted by molar-refractivity contribution is 0.0208. The molecule has 0 atom stereocenters. The molecule has 0 aliphatic rings. The van der Waals surface area contributed by atoms with Gasteiger partial charge in [0.2, 0.25) is 0 Å². The average Bonchev–Trinajstić information content (AvgIpc) is 2.18. The molecule has 1 N–H and O–H groups in total. The molecule has 4 nitrogen and oxygen atoms in total. The van der Waals surface area contributed by atoms with E-state index in [1.54, 1.807) is 18.3 Å². The maximum Gasteiger partial charge on any atom is 0.276 e. The van der Waals surface area contributed by atoms with E-state index in [-0.39, 0.29) is 5.91 Å². The van der Waals surface area contributed by atoms with Gasteiger partial charge in [-0.2, -0.15) is 0 Å². The van der Waals surface area contributed by atoms with E-state index in [1.165, 1.54) is 6.20 Å². The molecule has 0 radical (unpaired) electrons. The second-order valence-corrected chi connectivity index (χ2v) is 3.38. The highest BCUT2D eigenvalue weighted by molar-refractivity contribution is 5.92. The number of hydroxylamine groups is 1. The summed E-state index contributed by atoms with van der Waals surface area (Å²) < 4.78 is 0. The molecule has 1 rings (SSSR count). The third kappa shape index (κ3) is 3.53. The van der Waals surface area contributed by atoms with Crippen molar-refractivity contribution < 1.29 is 9.63 Å². The first kappa shape index (κ1) is 10.7. The van der Waals surface area contributed by atoms with Gasteiger partial charge in [0.25, 0.3) is 5.91 Å². The Kier molecular flexibility index (Phi) is 4.07. The summed E-state index contributed by atoms with van der Waals surface area (Å²) >= 11 is 0. The quantitative estimate of drug-likeness (QED) is 0.737. The minimum Gasteiger partial charge on any atom is -0.273 e. The summed E-state index contributed by atoms with van der Waals surface area (Å²) in [6.07, 6.45) is 3.11. The standard InChI is InChI=1S/C10H14N2O2/c1-8(2)7-14-12-10(13)9-4-3-5-11-6-9/h3-6,8H,7H2,1-2H3,(H,12,13). The smallest absolute Gasteiger partial charge is 0.273 e. The summed E-state index contributed by atoms with van der Waals surface area (Å²) in [4.78, 5) is 20.2. The van der Waals surface area contributed by atoms with E-state index in [2.05, 4.69) is 10.5 Å². The molecule has 1 amide bonds. The van der Waals surface area contributed by atoms with Crippen LogP contribution in [0.5, 0.6) is 0 Å². The van der Waals surface area contributed by atoms with Crippen molar-refractivity contribution in [2.75, 3.05) is 6.61 Å². The van der Waals surface area contributed by atoms with Crippen LogP contribution in [0.25, 0.3) is 0 Å². The Morgan fingerprint density at radius 1 is 1.64 bits per heavy atom. The average molecular weight is 194 g/mol. The van der Waals surface area contributed by atoms with Gasteiger partial charge in [-0.15, -0.1) is 0 Å². The van der Waals surface area contributed by atoms with Crippen LogP contribution < -0.4 is 5.48 Å². The van der Waals surface area contributed by atoms with Crippen LogP contribution in [0.1, 0.15) is 24.2 Å². The Morgan fingerprint density at radius 2 is 2.43 bits per heavy atom. The molecule has 0 aromatic carbocycles. The molecule has 0 aliphatic carbocycles. The first-order valence-corrected chi connectivity index (χ1v) is 4.52. The number of hydrogen-bond donors (Lipinski definition) is 1. The highest BCUT2D eigenvalue weighted by Gasteiger charge is 2.04. The number of rotatable bonds is 4. The van der Waals surface area contributed by atoms with E-state index in [0.717, 1.165) is 0 Å².